The van der Waals surface area contributed by atoms with E-state index >= 15 is 0 Å². The summed E-state index contributed by atoms with van der Waals surface area (Å²) in [4.78, 5) is 22.0. The molecule has 7 rings (SSSR count). The van der Waals surface area contributed by atoms with Crippen molar-refractivity contribution in [3.05, 3.63) is 34.4 Å². The summed E-state index contributed by atoms with van der Waals surface area (Å²) in [6.07, 6.45) is 3.09. The lowest BCUT2D eigenvalue weighted by Gasteiger charge is -2.30. The number of halogens is 1. The van der Waals surface area contributed by atoms with E-state index in [0.717, 1.165) is 17.0 Å². The molecule has 1 N–H and O–H groups in total. The molecule has 0 amide bonds. The normalized spacial score (nSPS) is 26.6. The molecule has 156 valence electrons. The smallest absolute Gasteiger partial charge is 0.330 e. The maximum atomic E-state index is 14.5. The topological polar surface area (TPSA) is 83.2 Å². The monoisotopic (exact) mass is 411 g/mol. The van der Waals surface area contributed by atoms with Gasteiger partial charge >= 0.3 is 5.69 Å². The summed E-state index contributed by atoms with van der Waals surface area (Å²) in [6.45, 7) is 3.00. The Morgan fingerprint density at radius 2 is 1.93 bits per heavy atom. The Labute approximate surface area is 171 Å². The van der Waals surface area contributed by atoms with E-state index < -0.39 is 5.67 Å². The van der Waals surface area contributed by atoms with E-state index in [4.69, 9.17) is 9.47 Å². The zero-order valence-corrected chi connectivity index (χ0v) is 16.8. The Hall–Kier alpha value is -3.10. The first-order valence-electron chi connectivity index (χ1n) is 10.2. The number of rotatable bonds is 3. The van der Waals surface area contributed by atoms with Crippen LogP contribution in [0, 0.1) is 12.8 Å². The van der Waals surface area contributed by atoms with Gasteiger partial charge in [0.25, 0.3) is 0 Å². The highest BCUT2D eigenvalue weighted by atomic mass is 19.1. The van der Waals surface area contributed by atoms with Gasteiger partial charge in [-0.15, -0.1) is 0 Å². The zero-order valence-electron chi connectivity index (χ0n) is 16.8. The Morgan fingerprint density at radius 3 is 2.63 bits per heavy atom. The summed E-state index contributed by atoms with van der Waals surface area (Å²) in [7, 11) is 1.70. The second kappa shape index (κ2) is 5.96. The van der Waals surface area contributed by atoms with Gasteiger partial charge in [0.15, 0.2) is 17.1 Å². The molecule has 3 fully saturated rings. The van der Waals surface area contributed by atoms with Crippen molar-refractivity contribution < 1.29 is 13.9 Å². The SMILES string of the molecule is Cc1cc2c(cc1Nc1ncc3c(n1)n(C1CC4(F)CC1C4)c(=O)n3C)OCCO2. The van der Waals surface area contributed by atoms with Crippen LogP contribution in [-0.2, 0) is 7.05 Å². The van der Waals surface area contributed by atoms with Gasteiger partial charge in [-0.3, -0.25) is 9.13 Å². The zero-order chi connectivity index (χ0) is 20.6. The molecule has 3 saturated carbocycles. The summed E-state index contributed by atoms with van der Waals surface area (Å²) in [5, 5.41) is 3.23. The molecule has 3 aliphatic carbocycles. The van der Waals surface area contributed by atoms with Crippen molar-refractivity contribution in [3.63, 3.8) is 0 Å². The minimum absolute atomic E-state index is 0.148. The molecule has 0 saturated heterocycles. The van der Waals surface area contributed by atoms with Gasteiger partial charge in [0.1, 0.15) is 24.4 Å². The van der Waals surface area contributed by atoms with Crippen molar-refractivity contribution in [1.82, 2.24) is 19.1 Å². The Kier molecular flexibility index (Phi) is 3.52. The number of nitrogens with one attached hydrogen (secondary N) is 1. The Bertz CT molecular complexity index is 1240. The molecular formula is C21H22FN5O3. The Balaban J connectivity index is 1.40. The van der Waals surface area contributed by atoms with Crippen molar-refractivity contribution in [2.75, 3.05) is 18.5 Å². The molecular weight excluding hydrogens is 389 g/mol. The second-order valence-corrected chi connectivity index (χ2v) is 8.64. The maximum absolute atomic E-state index is 14.5. The van der Waals surface area contributed by atoms with Gasteiger partial charge in [-0.05, 0) is 37.3 Å². The van der Waals surface area contributed by atoms with Gasteiger partial charge in [-0.1, -0.05) is 0 Å². The average molecular weight is 411 g/mol. The first-order chi connectivity index (χ1) is 14.4. The van der Waals surface area contributed by atoms with E-state index in [0.29, 0.717) is 55.3 Å². The first kappa shape index (κ1) is 17.7. The molecule has 2 bridgehead atoms. The summed E-state index contributed by atoms with van der Waals surface area (Å²) in [6, 6.07) is 3.64. The fourth-order valence-electron chi connectivity index (χ4n) is 5.10. The molecule has 1 unspecified atom stereocenters. The van der Waals surface area contributed by atoms with E-state index in [1.54, 1.807) is 17.8 Å². The third kappa shape index (κ3) is 2.47. The molecule has 30 heavy (non-hydrogen) atoms. The van der Waals surface area contributed by atoms with Gasteiger partial charge < -0.3 is 14.8 Å². The molecule has 4 aliphatic rings. The van der Waals surface area contributed by atoms with E-state index in [9.17, 15) is 9.18 Å². The van der Waals surface area contributed by atoms with E-state index in [-0.39, 0.29) is 17.6 Å². The summed E-state index contributed by atoms with van der Waals surface area (Å²) >= 11 is 0. The molecule has 8 nitrogen and oxygen atoms in total. The third-order valence-electron chi connectivity index (χ3n) is 6.68. The molecule has 9 heteroatoms. The fraction of sp³-hybridized carbons (Fsp3) is 0.476. The maximum Gasteiger partial charge on any atom is 0.330 e. The first-order valence-corrected chi connectivity index (χ1v) is 10.2. The molecule has 1 aromatic carbocycles. The van der Waals surface area contributed by atoms with Crippen LogP contribution in [-0.4, -0.2) is 38.0 Å². The van der Waals surface area contributed by atoms with Crippen LogP contribution in [0.3, 0.4) is 0 Å². The quantitative estimate of drug-likeness (QED) is 0.713. The van der Waals surface area contributed by atoms with Gasteiger partial charge in [0.2, 0.25) is 5.95 Å². The summed E-state index contributed by atoms with van der Waals surface area (Å²) in [5.74, 6) is 1.97. The third-order valence-corrected chi connectivity index (χ3v) is 6.68. The van der Waals surface area contributed by atoms with Crippen molar-refractivity contribution >= 4 is 22.8 Å². The number of benzene rings is 1. The van der Waals surface area contributed by atoms with Crippen LogP contribution in [0.4, 0.5) is 16.0 Å². The van der Waals surface area contributed by atoms with Crippen LogP contribution in [0.5, 0.6) is 11.5 Å². The van der Waals surface area contributed by atoms with Crippen LogP contribution in [0.15, 0.2) is 23.1 Å². The highest BCUT2D eigenvalue weighted by molar-refractivity contribution is 5.74. The standard InChI is InChI=1S/C21H22FN5O3/c1-11-5-16-17(30-4-3-29-16)6-13(11)24-19-23-10-15-18(25-19)27(20(28)26(15)2)14-9-21(22)7-12(14)8-21/h5-6,10,12,14H,3-4,7-9H2,1-2H3,(H,23,24,25). The largest absolute Gasteiger partial charge is 0.486 e. The second-order valence-electron chi connectivity index (χ2n) is 8.64. The van der Waals surface area contributed by atoms with Gasteiger partial charge in [0, 0.05) is 31.3 Å². The minimum Gasteiger partial charge on any atom is -0.486 e. The van der Waals surface area contributed by atoms with E-state index in [2.05, 4.69) is 15.3 Å². The number of fused-ring (bicyclic) bond motifs is 3. The van der Waals surface area contributed by atoms with Gasteiger partial charge in [-0.2, -0.15) is 4.98 Å². The van der Waals surface area contributed by atoms with Gasteiger partial charge in [-0.25, -0.2) is 14.2 Å². The summed E-state index contributed by atoms with van der Waals surface area (Å²) < 4.78 is 29.0. The molecule has 2 aromatic heterocycles. The van der Waals surface area contributed by atoms with Crippen molar-refractivity contribution in [2.24, 2.45) is 13.0 Å². The van der Waals surface area contributed by atoms with Crippen LogP contribution >= 0.6 is 0 Å². The van der Waals surface area contributed by atoms with Crippen LogP contribution in [0.25, 0.3) is 11.2 Å². The highest BCUT2D eigenvalue weighted by Crippen LogP contribution is 2.59. The number of anilines is 2. The van der Waals surface area contributed by atoms with Crippen molar-refractivity contribution in [1.29, 1.82) is 0 Å². The predicted octanol–water partition coefficient (Wildman–Crippen LogP) is 3.02. The number of nitrogens with zero attached hydrogens (tertiary/aromatic N) is 4. The number of imidazole rings is 1. The van der Waals surface area contributed by atoms with Crippen molar-refractivity contribution in [2.45, 2.75) is 37.9 Å². The lowest BCUT2D eigenvalue weighted by molar-refractivity contribution is 0.0740. The van der Waals surface area contributed by atoms with Crippen LogP contribution in [0.2, 0.25) is 0 Å². The number of aryl methyl sites for hydroxylation is 2. The molecule has 3 heterocycles. The highest BCUT2D eigenvalue weighted by Gasteiger charge is 2.58. The number of ether oxygens (including phenoxy) is 2. The molecule has 0 spiro atoms. The van der Waals surface area contributed by atoms with Gasteiger partial charge in [0.05, 0.1) is 6.20 Å². The average Bonchev–Trinajstić information content (AvgIpc) is 3.29. The van der Waals surface area contributed by atoms with E-state index in [1.165, 1.54) is 4.57 Å². The fourth-order valence-corrected chi connectivity index (χ4v) is 5.10. The Morgan fingerprint density at radius 1 is 1.20 bits per heavy atom. The molecule has 0 radical (unpaired) electrons. The molecule has 1 aliphatic heterocycles. The number of aromatic nitrogens is 4. The predicted molar refractivity (Wildman–Crippen MR) is 108 cm³/mol. The molecule has 3 aromatic rings. The lowest BCUT2D eigenvalue weighted by Crippen LogP contribution is -2.31. The number of alkyl halides is 1. The van der Waals surface area contributed by atoms with Crippen LogP contribution < -0.4 is 20.5 Å². The van der Waals surface area contributed by atoms with Crippen molar-refractivity contribution in [3.8, 4) is 11.5 Å². The minimum atomic E-state index is -1.12. The molecule has 1 atom stereocenters. The van der Waals surface area contributed by atoms with Crippen LogP contribution in [0.1, 0.15) is 30.9 Å². The van der Waals surface area contributed by atoms with E-state index in [1.807, 2.05) is 19.1 Å². The number of hydrogen-bond donors (Lipinski definition) is 1. The lowest BCUT2D eigenvalue weighted by atomic mass is 9.81. The summed E-state index contributed by atoms with van der Waals surface area (Å²) in [5.41, 5.74) is 1.65. The number of hydrogen-bond acceptors (Lipinski definition) is 6.